The van der Waals surface area contributed by atoms with Crippen molar-refractivity contribution in [3.8, 4) is 0 Å². The molecule has 128 valence electrons. The molecule has 0 radical (unpaired) electrons. The summed E-state index contributed by atoms with van der Waals surface area (Å²) < 4.78 is 91.3. The smallest absolute Gasteiger partial charge is 0.305 e. The minimum absolute atomic E-state index is 0.0883. The molecule has 0 saturated heterocycles. The SMILES string of the molecule is O=C(Nc1cc(F)cc(C(F)(F)F)c1F)Nc1c(F)cccc1F. The Labute approximate surface area is 130 Å². The van der Waals surface area contributed by atoms with Crippen LogP contribution in [0.3, 0.4) is 0 Å². The number of hydrogen-bond donors (Lipinski definition) is 2. The third-order valence-electron chi connectivity index (χ3n) is 2.79. The number of para-hydroxylation sites is 1. The number of benzene rings is 2. The van der Waals surface area contributed by atoms with Crippen LogP contribution in [0.25, 0.3) is 0 Å². The van der Waals surface area contributed by atoms with Crippen LogP contribution >= 0.6 is 0 Å². The van der Waals surface area contributed by atoms with Crippen molar-refractivity contribution < 1.29 is 35.5 Å². The van der Waals surface area contributed by atoms with Gasteiger partial charge in [-0.1, -0.05) is 6.07 Å². The first kappa shape index (κ1) is 17.6. The van der Waals surface area contributed by atoms with Crippen molar-refractivity contribution in [2.45, 2.75) is 6.18 Å². The molecule has 2 amide bonds. The fraction of sp³-hybridized carbons (Fsp3) is 0.0714. The minimum atomic E-state index is -5.20. The lowest BCUT2D eigenvalue weighted by atomic mass is 10.1. The molecule has 2 aromatic carbocycles. The highest BCUT2D eigenvalue weighted by molar-refractivity contribution is 6.00. The van der Waals surface area contributed by atoms with Crippen molar-refractivity contribution in [3.05, 3.63) is 59.2 Å². The van der Waals surface area contributed by atoms with E-state index in [2.05, 4.69) is 0 Å². The molecule has 2 N–H and O–H groups in total. The molecule has 0 atom stereocenters. The summed E-state index contributed by atoms with van der Waals surface area (Å²) in [7, 11) is 0. The Morgan fingerprint density at radius 3 is 2.04 bits per heavy atom. The van der Waals surface area contributed by atoms with Crippen LogP contribution in [0.1, 0.15) is 5.56 Å². The monoisotopic (exact) mass is 352 g/mol. The van der Waals surface area contributed by atoms with Crippen LogP contribution in [0.5, 0.6) is 0 Å². The predicted molar refractivity (Wildman–Crippen MR) is 70.4 cm³/mol. The number of carbonyl (C=O) groups excluding carboxylic acids is 1. The topological polar surface area (TPSA) is 41.1 Å². The number of carbonyl (C=O) groups is 1. The maximum absolute atomic E-state index is 13.7. The van der Waals surface area contributed by atoms with E-state index in [-0.39, 0.29) is 6.07 Å². The van der Waals surface area contributed by atoms with E-state index in [4.69, 9.17) is 0 Å². The third-order valence-corrected chi connectivity index (χ3v) is 2.79. The lowest BCUT2D eigenvalue weighted by Gasteiger charge is -2.13. The second-order valence-electron chi connectivity index (χ2n) is 4.49. The average Bonchev–Trinajstić information content (AvgIpc) is 2.45. The van der Waals surface area contributed by atoms with Crippen LogP contribution in [-0.4, -0.2) is 6.03 Å². The zero-order chi connectivity index (χ0) is 18.1. The van der Waals surface area contributed by atoms with E-state index in [1.807, 2.05) is 0 Å². The van der Waals surface area contributed by atoms with Gasteiger partial charge >= 0.3 is 12.2 Å². The van der Waals surface area contributed by atoms with Crippen LogP contribution in [0.4, 0.5) is 46.9 Å². The number of hydrogen-bond acceptors (Lipinski definition) is 1. The van der Waals surface area contributed by atoms with Crippen LogP contribution in [0.15, 0.2) is 30.3 Å². The van der Waals surface area contributed by atoms with Crippen LogP contribution in [-0.2, 0) is 6.18 Å². The van der Waals surface area contributed by atoms with Gasteiger partial charge < -0.3 is 10.6 Å². The Bertz CT molecular complexity index is 769. The van der Waals surface area contributed by atoms with E-state index in [0.717, 1.165) is 18.2 Å². The highest BCUT2D eigenvalue weighted by Crippen LogP contribution is 2.35. The molecular formula is C14H7F7N2O. The molecule has 0 unspecified atom stereocenters. The Kier molecular flexibility index (Phi) is 4.67. The molecule has 0 bridgehead atoms. The van der Waals surface area contributed by atoms with E-state index < -0.39 is 52.4 Å². The molecule has 0 spiro atoms. The van der Waals surface area contributed by atoms with Crippen molar-refractivity contribution in [1.29, 1.82) is 0 Å². The summed E-state index contributed by atoms with van der Waals surface area (Å²) in [6.07, 6.45) is -5.20. The first-order valence-corrected chi connectivity index (χ1v) is 6.18. The van der Waals surface area contributed by atoms with Crippen LogP contribution in [0.2, 0.25) is 0 Å². The number of alkyl halides is 3. The summed E-state index contributed by atoms with van der Waals surface area (Å²) >= 11 is 0. The van der Waals surface area contributed by atoms with Gasteiger partial charge in [0, 0.05) is 6.07 Å². The van der Waals surface area contributed by atoms with Gasteiger partial charge in [-0.2, -0.15) is 13.2 Å². The van der Waals surface area contributed by atoms with E-state index in [1.165, 1.54) is 0 Å². The Balaban J connectivity index is 2.28. The van der Waals surface area contributed by atoms with Gasteiger partial charge in [0.1, 0.15) is 23.1 Å². The van der Waals surface area contributed by atoms with Gasteiger partial charge in [-0.25, -0.2) is 22.4 Å². The number of rotatable bonds is 2. The molecule has 0 fully saturated rings. The second-order valence-corrected chi connectivity index (χ2v) is 4.49. The summed E-state index contributed by atoms with van der Waals surface area (Å²) in [6.45, 7) is 0. The number of urea groups is 1. The van der Waals surface area contributed by atoms with Crippen molar-refractivity contribution in [2.24, 2.45) is 0 Å². The molecule has 0 aliphatic heterocycles. The maximum Gasteiger partial charge on any atom is 0.419 e. The van der Waals surface area contributed by atoms with Gasteiger partial charge in [-0.05, 0) is 18.2 Å². The highest BCUT2D eigenvalue weighted by Gasteiger charge is 2.36. The molecule has 0 saturated carbocycles. The number of halogens is 7. The minimum Gasteiger partial charge on any atom is -0.305 e. The summed E-state index contributed by atoms with van der Waals surface area (Å²) in [6, 6.07) is 1.37. The van der Waals surface area contributed by atoms with Crippen molar-refractivity contribution in [3.63, 3.8) is 0 Å². The molecule has 0 aromatic heterocycles. The van der Waals surface area contributed by atoms with Gasteiger partial charge in [0.05, 0.1) is 11.3 Å². The van der Waals surface area contributed by atoms with Gasteiger partial charge in [0.25, 0.3) is 0 Å². The van der Waals surface area contributed by atoms with Gasteiger partial charge in [-0.15, -0.1) is 0 Å². The summed E-state index contributed by atoms with van der Waals surface area (Å²) in [5.41, 5.74) is -3.98. The van der Waals surface area contributed by atoms with Gasteiger partial charge in [-0.3, -0.25) is 0 Å². The molecule has 2 aromatic rings. The molecule has 2 rings (SSSR count). The first-order valence-electron chi connectivity index (χ1n) is 6.18. The molecule has 0 aliphatic carbocycles. The van der Waals surface area contributed by atoms with E-state index >= 15 is 0 Å². The maximum atomic E-state index is 13.7. The summed E-state index contributed by atoms with van der Waals surface area (Å²) in [4.78, 5) is 11.6. The molecule has 3 nitrogen and oxygen atoms in total. The quantitative estimate of drug-likeness (QED) is 0.741. The zero-order valence-corrected chi connectivity index (χ0v) is 11.4. The van der Waals surface area contributed by atoms with Gasteiger partial charge in [0.15, 0.2) is 5.82 Å². The second kappa shape index (κ2) is 6.38. The van der Waals surface area contributed by atoms with Crippen LogP contribution < -0.4 is 10.6 Å². The molecule has 0 aliphatic rings. The highest BCUT2D eigenvalue weighted by atomic mass is 19.4. The largest absolute Gasteiger partial charge is 0.419 e. The van der Waals surface area contributed by atoms with Crippen molar-refractivity contribution >= 4 is 17.4 Å². The third kappa shape index (κ3) is 3.76. The Morgan fingerprint density at radius 2 is 1.50 bits per heavy atom. The summed E-state index contributed by atoms with van der Waals surface area (Å²) in [5.74, 6) is -5.73. The zero-order valence-electron chi connectivity index (χ0n) is 11.4. The lowest BCUT2D eigenvalue weighted by Crippen LogP contribution is -2.22. The van der Waals surface area contributed by atoms with E-state index in [1.54, 1.807) is 10.6 Å². The van der Waals surface area contributed by atoms with Gasteiger partial charge in [0.2, 0.25) is 0 Å². The molecule has 24 heavy (non-hydrogen) atoms. The van der Waals surface area contributed by atoms with Crippen LogP contribution in [0, 0.1) is 23.3 Å². The number of amides is 2. The fourth-order valence-electron chi connectivity index (χ4n) is 1.77. The Morgan fingerprint density at radius 1 is 0.917 bits per heavy atom. The first-order chi connectivity index (χ1) is 11.1. The Hall–Kier alpha value is -2.78. The lowest BCUT2D eigenvalue weighted by molar-refractivity contribution is -0.140. The average molecular weight is 352 g/mol. The normalized spacial score (nSPS) is 11.3. The van der Waals surface area contributed by atoms with E-state index in [0.29, 0.717) is 6.07 Å². The number of anilines is 2. The fourth-order valence-corrected chi connectivity index (χ4v) is 1.77. The standard InChI is InChI=1S/C14H7F7N2O/c15-6-4-7(14(19,20)21)11(18)10(5-6)22-13(24)23-12-8(16)2-1-3-9(12)17/h1-5H,(H2,22,23,24). The number of nitrogens with one attached hydrogen (secondary N) is 2. The van der Waals surface area contributed by atoms with E-state index in [9.17, 15) is 35.5 Å². The predicted octanol–water partition coefficient (Wildman–Crippen LogP) is 4.91. The molecule has 0 heterocycles. The van der Waals surface area contributed by atoms with Crippen molar-refractivity contribution in [2.75, 3.05) is 10.6 Å². The summed E-state index contributed by atoms with van der Waals surface area (Å²) in [5, 5.41) is 3.23. The molecular weight excluding hydrogens is 345 g/mol. The van der Waals surface area contributed by atoms with Crippen molar-refractivity contribution in [1.82, 2.24) is 0 Å². The molecule has 10 heteroatoms.